The molecule has 2 aromatic heterocycles. The van der Waals surface area contributed by atoms with Crippen LogP contribution in [-0.2, 0) is 0 Å². The predicted molar refractivity (Wildman–Crippen MR) is 73.4 cm³/mol. The van der Waals surface area contributed by atoms with Gasteiger partial charge in [-0.2, -0.15) is 5.10 Å². The van der Waals surface area contributed by atoms with Gasteiger partial charge in [-0.3, -0.25) is 15.2 Å². The average Bonchev–Trinajstić information content (AvgIpc) is 2.83. The molecule has 1 atom stereocenters. The molecule has 0 aliphatic heterocycles. The summed E-state index contributed by atoms with van der Waals surface area (Å²) in [6.45, 7) is 5.51. The van der Waals surface area contributed by atoms with Crippen LogP contribution in [0.2, 0.25) is 0 Å². The highest BCUT2D eigenvalue weighted by Crippen LogP contribution is 2.27. The van der Waals surface area contributed by atoms with Crippen molar-refractivity contribution >= 4 is 11.5 Å². The van der Waals surface area contributed by atoms with E-state index in [1.807, 2.05) is 6.92 Å². The second-order valence-electron chi connectivity index (χ2n) is 4.52. The fourth-order valence-electron chi connectivity index (χ4n) is 1.83. The molecule has 0 amide bonds. The number of aromatic amines is 1. The number of pyridine rings is 1. The molecule has 2 aromatic rings. The molecule has 0 saturated heterocycles. The van der Waals surface area contributed by atoms with E-state index in [2.05, 4.69) is 25.5 Å². The van der Waals surface area contributed by atoms with E-state index in [0.717, 1.165) is 5.56 Å². The molecule has 0 saturated carbocycles. The molecule has 0 aliphatic rings. The van der Waals surface area contributed by atoms with Gasteiger partial charge in [0.2, 0.25) is 5.82 Å². The molecule has 20 heavy (non-hydrogen) atoms. The summed E-state index contributed by atoms with van der Waals surface area (Å²) in [6, 6.07) is 1.26. The third kappa shape index (κ3) is 2.90. The Morgan fingerprint density at radius 1 is 1.50 bits per heavy atom. The zero-order chi connectivity index (χ0) is 14.7. The SMILES string of the molecule is CCC(Nc1ncc(C)cc1[N+](=O)[O-])c1n[nH]c(C)n1. The lowest BCUT2D eigenvalue weighted by atomic mass is 10.2. The number of nitro groups is 1. The number of nitrogens with one attached hydrogen (secondary N) is 2. The highest BCUT2D eigenvalue weighted by molar-refractivity contribution is 5.57. The van der Waals surface area contributed by atoms with Crippen molar-refractivity contribution in [3.63, 3.8) is 0 Å². The zero-order valence-electron chi connectivity index (χ0n) is 11.5. The van der Waals surface area contributed by atoms with E-state index < -0.39 is 4.92 Å². The van der Waals surface area contributed by atoms with Gasteiger partial charge in [-0.25, -0.2) is 9.97 Å². The summed E-state index contributed by atoms with van der Waals surface area (Å²) >= 11 is 0. The summed E-state index contributed by atoms with van der Waals surface area (Å²) in [7, 11) is 0. The van der Waals surface area contributed by atoms with Gasteiger partial charge in [0, 0.05) is 12.3 Å². The Morgan fingerprint density at radius 3 is 2.80 bits per heavy atom. The topological polar surface area (TPSA) is 110 Å². The fraction of sp³-hybridized carbons (Fsp3) is 0.417. The minimum atomic E-state index is -0.446. The number of rotatable bonds is 5. The minimum absolute atomic E-state index is 0.0456. The van der Waals surface area contributed by atoms with Crippen LogP contribution >= 0.6 is 0 Å². The molecule has 0 radical (unpaired) electrons. The van der Waals surface area contributed by atoms with Gasteiger partial charge in [0.05, 0.1) is 11.0 Å². The van der Waals surface area contributed by atoms with Crippen LogP contribution in [0.5, 0.6) is 0 Å². The maximum atomic E-state index is 11.1. The predicted octanol–water partition coefficient (Wildman–Crippen LogP) is 2.29. The molecule has 2 N–H and O–H groups in total. The number of hydrogen-bond acceptors (Lipinski definition) is 6. The van der Waals surface area contributed by atoms with E-state index in [4.69, 9.17) is 0 Å². The number of anilines is 1. The lowest BCUT2D eigenvalue weighted by Crippen LogP contribution is -2.14. The lowest BCUT2D eigenvalue weighted by Gasteiger charge is -2.14. The van der Waals surface area contributed by atoms with Crippen LogP contribution in [0.15, 0.2) is 12.3 Å². The maximum Gasteiger partial charge on any atom is 0.311 e. The normalized spacial score (nSPS) is 12.2. The Balaban J connectivity index is 2.30. The number of nitrogens with zero attached hydrogens (tertiary/aromatic N) is 4. The van der Waals surface area contributed by atoms with Gasteiger partial charge in [0.1, 0.15) is 5.82 Å². The molecule has 0 aliphatic carbocycles. The van der Waals surface area contributed by atoms with Gasteiger partial charge in [0.15, 0.2) is 5.82 Å². The quantitative estimate of drug-likeness (QED) is 0.640. The van der Waals surface area contributed by atoms with Gasteiger partial charge in [0.25, 0.3) is 0 Å². The number of hydrogen-bond donors (Lipinski definition) is 2. The van der Waals surface area contributed by atoms with Crippen LogP contribution in [-0.4, -0.2) is 25.1 Å². The number of aromatic nitrogens is 4. The molecule has 2 heterocycles. The Labute approximate surface area is 115 Å². The van der Waals surface area contributed by atoms with Gasteiger partial charge in [-0.05, 0) is 25.8 Å². The summed E-state index contributed by atoms with van der Waals surface area (Å²) in [5.74, 6) is 1.50. The van der Waals surface area contributed by atoms with E-state index in [1.54, 1.807) is 20.0 Å². The van der Waals surface area contributed by atoms with Crippen molar-refractivity contribution in [2.24, 2.45) is 0 Å². The van der Waals surface area contributed by atoms with Crippen LogP contribution in [0.25, 0.3) is 0 Å². The van der Waals surface area contributed by atoms with Crippen molar-refractivity contribution in [3.8, 4) is 0 Å². The van der Waals surface area contributed by atoms with Gasteiger partial charge < -0.3 is 5.32 Å². The van der Waals surface area contributed by atoms with Crippen LogP contribution in [0.1, 0.15) is 36.6 Å². The van der Waals surface area contributed by atoms with Crippen LogP contribution in [0.4, 0.5) is 11.5 Å². The highest BCUT2D eigenvalue weighted by atomic mass is 16.6. The summed E-state index contributed by atoms with van der Waals surface area (Å²) in [6.07, 6.45) is 2.27. The fourth-order valence-corrected chi connectivity index (χ4v) is 1.83. The molecule has 0 fully saturated rings. The first-order valence-corrected chi connectivity index (χ1v) is 6.27. The van der Waals surface area contributed by atoms with E-state index >= 15 is 0 Å². The second kappa shape index (κ2) is 5.64. The summed E-state index contributed by atoms with van der Waals surface area (Å²) in [4.78, 5) is 19.0. The van der Waals surface area contributed by atoms with Crippen molar-refractivity contribution in [1.29, 1.82) is 0 Å². The van der Waals surface area contributed by atoms with Crippen molar-refractivity contribution < 1.29 is 4.92 Å². The number of H-pyrrole nitrogens is 1. The molecular formula is C12H16N6O2. The van der Waals surface area contributed by atoms with Crippen molar-refractivity contribution in [2.45, 2.75) is 33.2 Å². The Kier molecular flexibility index (Phi) is 3.92. The molecule has 0 bridgehead atoms. The number of aryl methyl sites for hydroxylation is 2. The van der Waals surface area contributed by atoms with E-state index in [9.17, 15) is 10.1 Å². The van der Waals surface area contributed by atoms with Crippen LogP contribution < -0.4 is 5.32 Å². The third-order valence-corrected chi connectivity index (χ3v) is 2.85. The van der Waals surface area contributed by atoms with Crippen molar-refractivity contribution in [3.05, 3.63) is 39.6 Å². The molecular weight excluding hydrogens is 260 g/mol. The molecule has 8 heteroatoms. The van der Waals surface area contributed by atoms with Gasteiger partial charge in [-0.1, -0.05) is 6.92 Å². The Bertz CT molecular complexity index is 624. The summed E-state index contributed by atoms with van der Waals surface area (Å²) in [5, 5.41) is 20.9. The largest absolute Gasteiger partial charge is 0.354 e. The van der Waals surface area contributed by atoms with Gasteiger partial charge in [-0.15, -0.1) is 0 Å². The summed E-state index contributed by atoms with van der Waals surface area (Å²) in [5.41, 5.74) is 0.694. The first kappa shape index (κ1) is 13.9. The molecule has 106 valence electrons. The third-order valence-electron chi connectivity index (χ3n) is 2.85. The molecule has 1 unspecified atom stereocenters. The van der Waals surface area contributed by atoms with Gasteiger partial charge >= 0.3 is 5.69 Å². The lowest BCUT2D eigenvalue weighted by molar-refractivity contribution is -0.384. The maximum absolute atomic E-state index is 11.1. The second-order valence-corrected chi connectivity index (χ2v) is 4.52. The van der Waals surface area contributed by atoms with E-state index in [-0.39, 0.29) is 17.5 Å². The van der Waals surface area contributed by atoms with Crippen molar-refractivity contribution in [1.82, 2.24) is 20.2 Å². The molecule has 2 rings (SSSR count). The average molecular weight is 276 g/mol. The standard InChI is InChI=1S/C12H16N6O2/c1-4-9(11-14-8(3)16-17-11)15-12-10(18(19)20)5-7(2)6-13-12/h5-6,9H,4H2,1-3H3,(H,13,15)(H,14,16,17). The summed E-state index contributed by atoms with van der Waals surface area (Å²) < 4.78 is 0. The molecule has 0 aromatic carbocycles. The van der Waals surface area contributed by atoms with E-state index in [1.165, 1.54) is 6.07 Å². The molecule has 0 spiro atoms. The Hall–Kier alpha value is -2.51. The smallest absolute Gasteiger partial charge is 0.311 e. The molecule has 8 nitrogen and oxygen atoms in total. The highest BCUT2D eigenvalue weighted by Gasteiger charge is 2.21. The van der Waals surface area contributed by atoms with E-state index in [0.29, 0.717) is 18.1 Å². The first-order valence-electron chi connectivity index (χ1n) is 6.27. The van der Waals surface area contributed by atoms with Crippen LogP contribution in [0, 0.1) is 24.0 Å². The monoisotopic (exact) mass is 276 g/mol. The zero-order valence-corrected chi connectivity index (χ0v) is 11.5. The first-order chi connectivity index (χ1) is 9.51. The Morgan fingerprint density at radius 2 is 2.25 bits per heavy atom. The van der Waals surface area contributed by atoms with Crippen molar-refractivity contribution in [2.75, 3.05) is 5.32 Å². The van der Waals surface area contributed by atoms with Crippen LogP contribution in [0.3, 0.4) is 0 Å². The minimum Gasteiger partial charge on any atom is -0.354 e.